The summed E-state index contributed by atoms with van der Waals surface area (Å²) in [6.07, 6.45) is 0. The predicted molar refractivity (Wildman–Crippen MR) is 55.1 cm³/mol. The van der Waals surface area contributed by atoms with E-state index >= 15 is 0 Å². The van der Waals surface area contributed by atoms with E-state index in [2.05, 4.69) is 4.84 Å². The third-order valence-corrected chi connectivity index (χ3v) is 3.63. The van der Waals surface area contributed by atoms with Crippen molar-refractivity contribution in [1.29, 1.82) is 0 Å². The van der Waals surface area contributed by atoms with Gasteiger partial charge in [0.1, 0.15) is 0 Å². The highest BCUT2D eigenvalue weighted by Crippen LogP contribution is 2.18. The van der Waals surface area contributed by atoms with Crippen molar-refractivity contribution in [2.75, 3.05) is 14.2 Å². The molecule has 1 rings (SSSR count). The van der Waals surface area contributed by atoms with Crippen molar-refractivity contribution < 1.29 is 18.2 Å². The van der Waals surface area contributed by atoms with E-state index in [1.54, 1.807) is 0 Å². The van der Waals surface area contributed by atoms with E-state index in [0.717, 1.165) is 24.3 Å². The Morgan fingerprint density at radius 3 is 2.19 bits per heavy atom. The van der Waals surface area contributed by atoms with Crippen molar-refractivity contribution in [2.24, 2.45) is 0 Å². The Labute approximate surface area is 92.4 Å². The molecule has 0 unspecified atom stereocenters. The summed E-state index contributed by atoms with van der Waals surface area (Å²) in [4.78, 5) is 14.3. The molecule has 0 aliphatic rings. The lowest BCUT2D eigenvalue weighted by atomic mass is 10.3. The number of nitro groups is 1. The predicted octanol–water partition coefficient (Wildman–Crippen LogP) is 0.777. The average Bonchev–Trinajstić information content (AvgIpc) is 2.28. The third kappa shape index (κ3) is 2.35. The second-order valence-corrected chi connectivity index (χ2v) is 4.78. The molecule has 0 atom stereocenters. The van der Waals surface area contributed by atoms with Crippen LogP contribution in [-0.4, -0.2) is 32.0 Å². The van der Waals surface area contributed by atoms with E-state index < -0.39 is 14.9 Å². The number of hydrogen-bond acceptors (Lipinski definition) is 5. The monoisotopic (exact) mass is 246 g/mol. The van der Waals surface area contributed by atoms with Crippen LogP contribution in [0.15, 0.2) is 29.2 Å². The molecule has 0 heterocycles. The minimum atomic E-state index is -3.74. The Morgan fingerprint density at radius 2 is 1.81 bits per heavy atom. The van der Waals surface area contributed by atoms with E-state index in [-0.39, 0.29) is 10.6 Å². The summed E-state index contributed by atoms with van der Waals surface area (Å²) in [7, 11) is -1.30. The van der Waals surface area contributed by atoms with Gasteiger partial charge in [0.05, 0.1) is 16.9 Å². The normalized spacial score (nSPS) is 11.7. The molecular formula is C8H10N2O5S. The summed E-state index contributed by atoms with van der Waals surface area (Å²) in [5, 5.41) is 10.4. The lowest BCUT2D eigenvalue weighted by molar-refractivity contribution is -0.384. The minimum absolute atomic E-state index is 0.0672. The molecule has 1 aromatic rings. The quantitative estimate of drug-likeness (QED) is 0.578. The highest BCUT2D eigenvalue weighted by Gasteiger charge is 2.21. The maximum Gasteiger partial charge on any atom is 0.269 e. The van der Waals surface area contributed by atoms with Crippen LogP contribution in [0.4, 0.5) is 5.69 Å². The highest BCUT2D eigenvalue weighted by atomic mass is 32.2. The van der Waals surface area contributed by atoms with Crippen LogP contribution in [-0.2, 0) is 14.9 Å². The molecule has 16 heavy (non-hydrogen) atoms. The van der Waals surface area contributed by atoms with Crippen molar-refractivity contribution in [3.05, 3.63) is 34.4 Å². The first-order valence-electron chi connectivity index (χ1n) is 4.17. The Morgan fingerprint density at radius 1 is 1.31 bits per heavy atom. The van der Waals surface area contributed by atoms with Gasteiger partial charge in [0.25, 0.3) is 15.7 Å². The largest absolute Gasteiger partial charge is 0.288 e. The number of hydroxylamine groups is 1. The molecule has 0 saturated heterocycles. The van der Waals surface area contributed by atoms with Gasteiger partial charge in [-0.3, -0.25) is 15.0 Å². The van der Waals surface area contributed by atoms with E-state index in [1.807, 2.05) is 0 Å². The first kappa shape index (κ1) is 12.6. The summed E-state index contributed by atoms with van der Waals surface area (Å²) in [6, 6.07) is 4.55. The van der Waals surface area contributed by atoms with Crippen molar-refractivity contribution >= 4 is 15.7 Å². The Hall–Kier alpha value is -1.51. The smallest absolute Gasteiger partial charge is 0.269 e. The molecule has 0 spiro atoms. The molecule has 0 radical (unpaired) electrons. The Kier molecular flexibility index (Phi) is 3.58. The molecule has 88 valence electrons. The van der Waals surface area contributed by atoms with Crippen molar-refractivity contribution in [3.63, 3.8) is 0 Å². The molecule has 0 aliphatic heterocycles. The number of nitro benzene ring substituents is 1. The molecule has 0 aliphatic carbocycles. The zero-order valence-corrected chi connectivity index (χ0v) is 9.47. The molecule has 7 nitrogen and oxygen atoms in total. The van der Waals surface area contributed by atoms with Gasteiger partial charge in [0, 0.05) is 19.2 Å². The summed E-state index contributed by atoms with van der Waals surface area (Å²) in [5.41, 5.74) is -0.168. The molecule has 1 aromatic carbocycles. The molecule has 0 aromatic heterocycles. The Balaban J connectivity index is 3.12. The lowest BCUT2D eigenvalue weighted by Gasteiger charge is -2.13. The summed E-state index contributed by atoms with van der Waals surface area (Å²) >= 11 is 0. The van der Waals surface area contributed by atoms with Crippen LogP contribution in [0.5, 0.6) is 0 Å². The molecular weight excluding hydrogens is 236 g/mol. The second kappa shape index (κ2) is 4.56. The van der Waals surface area contributed by atoms with Crippen LogP contribution >= 0.6 is 0 Å². The number of benzene rings is 1. The van der Waals surface area contributed by atoms with Crippen LogP contribution in [0, 0.1) is 10.1 Å². The average molecular weight is 246 g/mol. The topological polar surface area (TPSA) is 89.8 Å². The van der Waals surface area contributed by atoms with Crippen LogP contribution in [0.3, 0.4) is 0 Å². The maximum absolute atomic E-state index is 11.7. The number of hydrogen-bond donors (Lipinski definition) is 0. The Bertz CT molecular complexity index is 482. The van der Waals surface area contributed by atoms with Gasteiger partial charge in [-0.1, -0.05) is 4.47 Å². The number of nitrogens with zero attached hydrogens (tertiary/aromatic N) is 2. The van der Waals surface area contributed by atoms with E-state index in [4.69, 9.17) is 0 Å². The van der Waals surface area contributed by atoms with Gasteiger partial charge < -0.3 is 0 Å². The summed E-state index contributed by atoms with van der Waals surface area (Å²) in [6.45, 7) is 0. The molecule has 0 saturated carbocycles. The molecule has 0 N–H and O–H groups in total. The fourth-order valence-electron chi connectivity index (χ4n) is 0.986. The van der Waals surface area contributed by atoms with Crippen molar-refractivity contribution in [3.8, 4) is 0 Å². The van der Waals surface area contributed by atoms with Gasteiger partial charge in [-0.05, 0) is 12.1 Å². The second-order valence-electron chi connectivity index (χ2n) is 2.85. The zero-order valence-electron chi connectivity index (χ0n) is 8.65. The standard InChI is InChI=1S/C8H10N2O5S/c1-9(15-2)16(13,14)8-5-3-7(4-6-8)10(11)12/h3-6H,1-2H3. The van der Waals surface area contributed by atoms with Crippen LogP contribution in [0.2, 0.25) is 0 Å². The van der Waals surface area contributed by atoms with E-state index in [9.17, 15) is 18.5 Å². The van der Waals surface area contributed by atoms with E-state index in [1.165, 1.54) is 14.2 Å². The zero-order chi connectivity index (χ0) is 12.3. The first-order valence-corrected chi connectivity index (χ1v) is 5.61. The van der Waals surface area contributed by atoms with Gasteiger partial charge in [0.2, 0.25) is 0 Å². The van der Waals surface area contributed by atoms with Crippen molar-refractivity contribution in [2.45, 2.75) is 4.90 Å². The molecule has 8 heteroatoms. The van der Waals surface area contributed by atoms with Crippen molar-refractivity contribution in [1.82, 2.24) is 4.47 Å². The SMILES string of the molecule is CON(C)S(=O)(=O)c1ccc([N+](=O)[O-])cc1. The fourth-order valence-corrected chi connectivity index (χ4v) is 1.96. The summed E-state index contributed by atoms with van der Waals surface area (Å²) in [5.74, 6) is 0. The number of rotatable bonds is 4. The summed E-state index contributed by atoms with van der Waals surface area (Å²) < 4.78 is 24.0. The molecule has 0 fully saturated rings. The van der Waals surface area contributed by atoms with Crippen LogP contribution < -0.4 is 0 Å². The molecule has 0 bridgehead atoms. The van der Waals surface area contributed by atoms with Gasteiger partial charge in [-0.2, -0.15) is 0 Å². The van der Waals surface area contributed by atoms with Crippen LogP contribution in [0.25, 0.3) is 0 Å². The maximum atomic E-state index is 11.7. The lowest BCUT2D eigenvalue weighted by Crippen LogP contribution is -2.25. The van der Waals surface area contributed by atoms with Gasteiger partial charge >= 0.3 is 0 Å². The number of sulfonamides is 1. The number of non-ortho nitro benzene ring substituents is 1. The first-order chi connectivity index (χ1) is 7.39. The van der Waals surface area contributed by atoms with Crippen LogP contribution in [0.1, 0.15) is 0 Å². The van der Waals surface area contributed by atoms with E-state index in [0.29, 0.717) is 4.47 Å². The van der Waals surface area contributed by atoms with Gasteiger partial charge in [-0.15, -0.1) is 0 Å². The van der Waals surface area contributed by atoms with Gasteiger partial charge in [-0.25, -0.2) is 8.42 Å². The third-order valence-electron chi connectivity index (χ3n) is 1.94. The highest BCUT2D eigenvalue weighted by molar-refractivity contribution is 7.89. The fraction of sp³-hybridized carbons (Fsp3) is 0.250. The van der Waals surface area contributed by atoms with Gasteiger partial charge in [0.15, 0.2) is 0 Å². The molecule has 0 amide bonds. The minimum Gasteiger partial charge on any atom is -0.288 e.